The van der Waals surface area contributed by atoms with Crippen LogP contribution in [-0.4, -0.2) is 24.4 Å². The second-order valence-corrected chi connectivity index (χ2v) is 5.06. The Morgan fingerprint density at radius 2 is 2.15 bits per heavy atom. The number of carbonyl (C=O) groups excluding carboxylic acids is 2. The zero-order valence-corrected chi connectivity index (χ0v) is 11.7. The Hall–Kier alpha value is -1.88. The monoisotopic (exact) mass is 275 g/mol. The minimum absolute atomic E-state index is 0.0690. The van der Waals surface area contributed by atoms with Gasteiger partial charge in [-0.2, -0.15) is 0 Å². The van der Waals surface area contributed by atoms with Crippen LogP contribution in [0.25, 0.3) is 0 Å². The fourth-order valence-electron chi connectivity index (χ4n) is 2.35. The van der Waals surface area contributed by atoms with E-state index in [1.165, 1.54) is 6.92 Å². The van der Waals surface area contributed by atoms with Crippen molar-refractivity contribution in [1.29, 1.82) is 0 Å². The van der Waals surface area contributed by atoms with E-state index in [2.05, 4.69) is 16.0 Å². The Morgan fingerprint density at radius 1 is 1.35 bits per heavy atom. The molecule has 2 amide bonds. The van der Waals surface area contributed by atoms with E-state index in [1.807, 2.05) is 24.3 Å². The molecule has 3 N–H and O–H groups in total. The van der Waals surface area contributed by atoms with Crippen LogP contribution in [0.3, 0.4) is 0 Å². The molecule has 5 nitrogen and oxygen atoms in total. The molecule has 1 atom stereocenters. The number of amides is 2. The van der Waals surface area contributed by atoms with Gasteiger partial charge >= 0.3 is 0 Å². The fraction of sp³-hybridized carbons (Fsp3) is 0.467. The number of hydrogen-bond donors (Lipinski definition) is 3. The van der Waals surface area contributed by atoms with Gasteiger partial charge in [0.1, 0.15) is 0 Å². The molecule has 0 spiro atoms. The van der Waals surface area contributed by atoms with Crippen molar-refractivity contribution in [3.8, 4) is 0 Å². The lowest BCUT2D eigenvalue weighted by Gasteiger charge is -2.17. The summed E-state index contributed by atoms with van der Waals surface area (Å²) in [6.07, 6.45) is 2.93. The molecule has 0 aliphatic carbocycles. The van der Waals surface area contributed by atoms with E-state index in [4.69, 9.17) is 0 Å². The number of rotatable bonds is 4. The van der Waals surface area contributed by atoms with Gasteiger partial charge in [0, 0.05) is 25.7 Å². The number of para-hydroxylation sites is 1. The third kappa shape index (κ3) is 4.06. The maximum atomic E-state index is 11.9. The molecule has 20 heavy (non-hydrogen) atoms. The summed E-state index contributed by atoms with van der Waals surface area (Å²) < 4.78 is 0. The van der Waals surface area contributed by atoms with Crippen molar-refractivity contribution in [2.75, 3.05) is 11.9 Å². The Balaban J connectivity index is 1.99. The molecule has 1 aromatic rings. The lowest BCUT2D eigenvalue weighted by Crippen LogP contribution is -2.42. The highest BCUT2D eigenvalue weighted by Crippen LogP contribution is 2.15. The SMILES string of the molecule is CC(=O)Nc1ccccc1CNC1CCCCNC1=O. The molecule has 2 rings (SSSR count). The van der Waals surface area contributed by atoms with Crippen LogP contribution in [-0.2, 0) is 16.1 Å². The summed E-state index contributed by atoms with van der Waals surface area (Å²) in [6, 6.07) is 7.48. The van der Waals surface area contributed by atoms with Gasteiger partial charge in [-0.15, -0.1) is 0 Å². The average Bonchev–Trinajstić information content (AvgIpc) is 2.62. The number of hydrogen-bond acceptors (Lipinski definition) is 3. The van der Waals surface area contributed by atoms with Crippen molar-refractivity contribution in [2.24, 2.45) is 0 Å². The third-order valence-corrected chi connectivity index (χ3v) is 3.40. The summed E-state index contributed by atoms with van der Waals surface area (Å²) in [4.78, 5) is 23.0. The first-order valence-electron chi connectivity index (χ1n) is 7.03. The van der Waals surface area contributed by atoms with Crippen LogP contribution < -0.4 is 16.0 Å². The van der Waals surface area contributed by atoms with Gasteiger partial charge in [-0.25, -0.2) is 0 Å². The number of nitrogens with one attached hydrogen (secondary N) is 3. The highest BCUT2D eigenvalue weighted by atomic mass is 16.2. The molecule has 0 aromatic heterocycles. The quantitative estimate of drug-likeness (QED) is 0.778. The standard InChI is InChI=1S/C15H21N3O2/c1-11(19)18-13-7-3-2-6-12(13)10-17-14-8-4-5-9-16-15(14)20/h2-3,6-7,14,17H,4-5,8-10H2,1H3,(H,16,20)(H,18,19). The van der Waals surface area contributed by atoms with Crippen LogP contribution in [0.2, 0.25) is 0 Å². The first-order chi connectivity index (χ1) is 9.66. The van der Waals surface area contributed by atoms with E-state index < -0.39 is 0 Å². The van der Waals surface area contributed by atoms with Crippen LogP contribution in [0.4, 0.5) is 5.69 Å². The predicted molar refractivity (Wildman–Crippen MR) is 78.2 cm³/mol. The molecule has 0 bridgehead atoms. The molecule has 0 radical (unpaired) electrons. The first kappa shape index (κ1) is 14.5. The summed E-state index contributed by atoms with van der Waals surface area (Å²) in [5.74, 6) is -0.0239. The van der Waals surface area contributed by atoms with Gasteiger partial charge in [-0.05, 0) is 30.9 Å². The Morgan fingerprint density at radius 3 is 2.95 bits per heavy atom. The highest BCUT2D eigenvalue weighted by molar-refractivity contribution is 5.89. The summed E-state index contributed by atoms with van der Waals surface area (Å²) >= 11 is 0. The van der Waals surface area contributed by atoms with Gasteiger partial charge in [-0.1, -0.05) is 18.2 Å². The van der Waals surface area contributed by atoms with Crippen LogP contribution in [0, 0.1) is 0 Å². The van der Waals surface area contributed by atoms with Gasteiger partial charge in [0.05, 0.1) is 6.04 Å². The molecule has 0 saturated carbocycles. The van der Waals surface area contributed by atoms with E-state index in [-0.39, 0.29) is 17.9 Å². The smallest absolute Gasteiger partial charge is 0.237 e. The fourth-order valence-corrected chi connectivity index (χ4v) is 2.35. The molecule has 5 heteroatoms. The van der Waals surface area contributed by atoms with Crippen molar-refractivity contribution in [2.45, 2.75) is 38.8 Å². The van der Waals surface area contributed by atoms with Gasteiger partial charge in [-0.3, -0.25) is 9.59 Å². The molecule has 1 unspecified atom stereocenters. The third-order valence-electron chi connectivity index (χ3n) is 3.40. The van der Waals surface area contributed by atoms with Crippen molar-refractivity contribution < 1.29 is 9.59 Å². The zero-order valence-electron chi connectivity index (χ0n) is 11.7. The molecule has 1 fully saturated rings. The zero-order chi connectivity index (χ0) is 14.4. The molecule has 1 aliphatic rings. The van der Waals surface area contributed by atoms with Gasteiger partial charge in [0.15, 0.2) is 0 Å². The minimum Gasteiger partial charge on any atom is -0.355 e. The van der Waals surface area contributed by atoms with Crippen molar-refractivity contribution >= 4 is 17.5 Å². The summed E-state index contributed by atoms with van der Waals surface area (Å²) in [5.41, 5.74) is 1.78. The van der Waals surface area contributed by atoms with E-state index in [1.54, 1.807) is 0 Å². The lowest BCUT2D eigenvalue weighted by molar-refractivity contribution is -0.123. The van der Waals surface area contributed by atoms with Crippen molar-refractivity contribution in [1.82, 2.24) is 10.6 Å². The molecule has 1 heterocycles. The van der Waals surface area contributed by atoms with E-state index in [0.717, 1.165) is 37.1 Å². The van der Waals surface area contributed by atoms with Crippen molar-refractivity contribution in [3.63, 3.8) is 0 Å². The average molecular weight is 275 g/mol. The van der Waals surface area contributed by atoms with Crippen molar-refractivity contribution in [3.05, 3.63) is 29.8 Å². The summed E-state index contributed by atoms with van der Waals surface area (Å²) in [5, 5.41) is 8.99. The Bertz CT molecular complexity index is 488. The van der Waals surface area contributed by atoms with E-state index in [9.17, 15) is 9.59 Å². The van der Waals surface area contributed by atoms with Gasteiger partial charge < -0.3 is 16.0 Å². The lowest BCUT2D eigenvalue weighted by atomic mass is 10.1. The minimum atomic E-state index is -0.150. The molecular formula is C15H21N3O2. The van der Waals surface area contributed by atoms with E-state index >= 15 is 0 Å². The number of anilines is 1. The molecule has 108 valence electrons. The van der Waals surface area contributed by atoms with Crippen LogP contribution in [0.5, 0.6) is 0 Å². The van der Waals surface area contributed by atoms with E-state index in [0.29, 0.717) is 6.54 Å². The molecule has 1 saturated heterocycles. The molecule has 1 aliphatic heterocycles. The van der Waals surface area contributed by atoms with Gasteiger partial charge in [0.25, 0.3) is 0 Å². The summed E-state index contributed by atoms with van der Waals surface area (Å²) in [7, 11) is 0. The Kier molecular flexibility index (Phi) is 5.12. The number of carbonyl (C=O) groups is 2. The molecular weight excluding hydrogens is 254 g/mol. The number of benzene rings is 1. The largest absolute Gasteiger partial charge is 0.355 e. The summed E-state index contributed by atoms with van der Waals surface area (Å²) in [6.45, 7) is 2.82. The normalized spacial score (nSPS) is 19.1. The maximum absolute atomic E-state index is 11.9. The molecule has 1 aromatic carbocycles. The Labute approximate surface area is 119 Å². The van der Waals surface area contributed by atoms with Crippen LogP contribution >= 0.6 is 0 Å². The predicted octanol–water partition coefficient (Wildman–Crippen LogP) is 1.40. The van der Waals surface area contributed by atoms with Crippen LogP contribution in [0.15, 0.2) is 24.3 Å². The van der Waals surface area contributed by atoms with Crippen LogP contribution in [0.1, 0.15) is 31.7 Å². The second kappa shape index (κ2) is 7.05. The van der Waals surface area contributed by atoms with Gasteiger partial charge in [0.2, 0.25) is 11.8 Å². The first-order valence-corrected chi connectivity index (χ1v) is 7.03. The topological polar surface area (TPSA) is 70.2 Å². The maximum Gasteiger partial charge on any atom is 0.237 e. The highest BCUT2D eigenvalue weighted by Gasteiger charge is 2.20. The second-order valence-electron chi connectivity index (χ2n) is 5.06.